The predicted molar refractivity (Wildman–Crippen MR) is 112 cm³/mol. The van der Waals surface area contributed by atoms with Crippen molar-refractivity contribution in [3.63, 3.8) is 0 Å². The third-order valence-corrected chi connectivity index (χ3v) is 5.31. The Kier molecular flexibility index (Phi) is 5.42. The molecule has 0 radical (unpaired) electrons. The molecule has 0 unspecified atom stereocenters. The maximum Gasteiger partial charge on any atom is 0.404 e. The minimum absolute atomic E-state index is 0.104. The summed E-state index contributed by atoms with van der Waals surface area (Å²) in [5.41, 5.74) is -1.11. The first-order valence-corrected chi connectivity index (χ1v) is 9.84. The van der Waals surface area contributed by atoms with Gasteiger partial charge in [0, 0.05) is 23.4 Å². The maximum atomic E-state index is 14.7. The van der Waals surface area contributed by atoms with Crippen LogP contribution in [0, 0.1) is 23.1 Å². The number of alkyl halides is 3. The Hall–Kier alpha value is -3.38. The Balaban J connectivity index is 1.89. The van der Waals surface area contributed by atoms with Gasteiger partial charge in [-0.05, 0) is 38.1 Å². The maximum absolute atomic E-state index is 14.7. The van der Waals surface area contributed by atoms with Gasteiger partial charge in [-0.3, -0.25) is 0 Å². The van der Waals surface area contributed by atoms with E-state index in [0.717, 1.165) is 13.8 Å². The highest BCUT2D eigenvalue weighted by Gasteiger charge is 2.46. The quantitative estimate of drug-likeness (QED) is 0.437. The summed E-state index contributed by atoms with van der Waals surface area (Å²) in [6.07, 6.45) is -4.49. The lowest BCUT2D eigenvalue weighted by atomic mass is 9.92. The molecule has 166 valence electrons. The number of halogens is 4. The first-order chi connectivity index (χ1) is 15.1. The molecule has 3 aromatic rings. The number of nitrogens with zero attached hydrogens (tertiary/aromatic N) is 2. The molecule has 1 aromatic heterocycles. The van der Waals surface area contributed by atoms with Crippen LogP contribution in [-0.2, 0) is 11.3 Å². The van der Waals surface area contributed by atoms with E-state index in [1.165, 1.54) is 12.1 Å². The fraction of sp³-hybridized carbons (Fsp3) is 0.304. The smallest absolute Gasteiger partial charge is 0.375 e. The van der Waals surface area contributed by atoms with Gasteiger partial charge in [-0.25, -0.2) is 9.18 Å². The minimum Gasteiger partial charge on any atom is -0.375 e. The number of anilines is 2. The van der Waals surface area contributed by atoms with E-state index in [4.69, 9.17) is 4.74 Å². The zero-order valence-corrected chi connectivity index (χ0v) is 17.3. The zero-order valence-electron chi connectivity index (χ0n) is 17.3. The van der Waals surface area contributed by atoms with Crippen LogP contribution in [0.3, 0.4) is 0 Å². The molecule has 0 saturated heterocycles. The zero-order chi connectivity index (χ0) is 23.1. The highest BCUT2D eigenvalue weighted by atomic mass is 19.4. The number of H-pyrrole nitrogens is 1. The Morgan fingerprint density at radius 1 is 1.16 bits per heavy atom. The van der Waals surface area contributed by atoms with Gasteiger partial charge in [0.05, 0.1) is 24.1 Å². The molecule has 1 aliphatic rings. The van der Waals surface area contributed by atoms with Crippen LogP contribution >= 0.6 is 0 Å². The summed E-state index contributed by atoms with van der Waals surface area (Å²) in [6, 6.07) is 9.29. The standard InChI is InChI=1S/C23H19F4N3O2/c1-22(2,23(25,26)27)10-9-14-5-3-8-18-15(14)13-32-12-11-30(18)20-19-16(24)6-4-7-17(19)28-21(31)29-20/h3-8H,11-13H2,1-2H3,(H,28,29,31). The van der Waals surface area contributed by atoms with Gasteiger partial charge in [0.1, 0.15) is 11.2 Å². The average Bonchev–Trinajstić information content (AvgIpc) is 2.93. The number of hydrogen-bond donors (Lipinski definition) is 1. The highest BCUT2D eigenvalue weighted by Crippen LogP contribution is 2.38. The number of aromatic nitrogens is 2. The molecular formula is C23H19F4N3O2. The van der Waals surface area contributed by atoms with E-state index in [-0.39, 0.29) is 36.5 Å². The number of benzene rings is 2. The molecular weight excluding hydrogens is 426 g/mol. The molecule has 0 aliphatic carbocycles. The molecule has 9 heteroatoms. The van der Waals surface area contributed by atoms with Gasteiger partial charge in [-0.1, -0.05) is 24.0 Å². The third kappa shape index (κ3) is 3.94. The van der Waals surface area contributed by atoms with E-state index >= 15 is 0 Å². The lowest BCUT2D eigenvalue weighted by molar-refractivity contribution is -0.190. The molecule has 2 aromatic carbocycles. The summed E-state index contributed by atoms with van der Waals surface area (Å²) < 4.78 is 60.1. The van der Waals surface area contributed by atoms with Crippen molar-refractivity contribution in [1.82, 2.24) is 9.97 Å². The fourth-order valence-corrected chi connectivity index (χ4v) is 3.41. The first kappa shape index (κ1) is 21.8. The van der Waals surface area contributed by atoms with Crippen LogP contribution in [0.4, 0.5) is 29.1 Å². The van der Waals surface area contributed by atoms with Crippen LogP contribution in [0.5, 0.6) is 0 Å². The summed E-state index contributed by atoms with van der Waals surface area (Å²) >= 11 is 0. The van der Waals surface area contributed by atoms with E-state index in [1.54, 1.807) is 29.2 Å². The van der Waals surface area contributed by atoms with Crippen molar-refractivity contribution in [3.8, 4) is 11.8 Å². The molecule has 2 heterocycles. The number of aromatic amines is 1. The molecule has 1 aliphatic heterocycles. The van der Waals surface area contributed by atoms with Crippen molar-refractivity contribution in [2.24, 2.45) is 5.41 Å². The van der Waals surface area contributed by atoms with Gasteiger partial charge in [0.25, 0.3) is 0 Å². The van der Waals surface area contributed by atoms with Gasteiger partial charge in [-0.2, -0.15) is 18.2 Å². The van der Waals surface area contributed by atoms with Crippen molar-refractivity contribution in [2.45, 2.75) is 26.6 Å². The summed E-state index contributed by atoms with van der Waals surface area (Å²) in [5, 5.41) is 0.134. The van der Waals surface area contributed by atoms with Crippen LogP contribution in [0.15, 0.2) is 41.2 Å². The lowest BCUT2D eigenvalue weighted by Gasteiger charge is -2.25. The Morgan fingerprint density at radius 2 is 1.91 bits per heavy atom. The second kappa shape index (κ2) is 7.95. The van der Waals surface area contributed by atoms with Crippen LogP contribution in [0.1, 0.15) is 25.0 Å². The topological polar surface area (TPSA) is 58.2 Å². The van der Waals surface area contributed by atoms with E-state index in [0.29, 0.717) is 16.8 Å². The molecule has 0 atom stereocenters. The van der Waals surface area contributed by atoms with Gasteiger partial charge < -0.3 is 14.6 Å². The van der Waals surface area contributed by atoms with Crippen LogP contribution in [0.25, 0.3) is 10.9 Å². The lowest BCUT2D eigenvalue weighted by Crippen LogP contribution is -2.30. The number of nitrogens with one attached hydrogen (secondary N) is 1. The van der Waals surface area contributed by atoms with Gasteiger partial charge >= 0.3 is 11.9 Å². The normalized spacial score (nSPS) is 14.5. The number of ether oxygens (including phenoxy) is 1. The van der Waals surface area contributed by atoms with E-state index in [2.05, 4.69) is 21.8 Å². The van der Waals surface area contributed by atoms with Crippen molar-refractivity contribution in [3.05, 3.63) is 63.8 Å². The second-order valence-electron chi connectivity index (χ2n) is 7.91. The number of fused-ring (bicyclic) bond motifs is 2. The van der Waals surface area contributed by atoms with Gasteiger partial charge in [0.15, 0.2) is 5.82 Å². The molecule has 0 saturated carbocycles. The number of hydrogen-bond acceptors (Lipinski definition) is 4. The third-order valence-electron chi connectivity index (χ3n) is 5.31. The molecule has 5 nitrogen and oxygen atoms in total. The van der Waals surface area contributed by atoms with Crippen LogP contribution in [-0.4, -0.2) is 29.3 Å². The molecule has 0 amide bonds. The van der Waals surface area contributed by atoms with Gasteiger partial charge in [-0.15, -0.1) is 0 Å². The largest absolute Gasteiger partial charge is 0.404 e. The summed E-state index contributed by atoms with van der Waals surface area (Å²) in [4.78, 5) is 20.3. The highest BCUT2D eigenvalue weighted by molar-refractivity contribution is 5.92. The first-order valence-electron chi connectivity index (χ1n) is 9.84. The summed E-state index contributed by atoms with van der Waals surface area (Å²) in [7, 11) is 0. The number of rotatable bonds is 1. The van der Waals surface area contributed by atoms with E-state index < -0.39 is 23.1 Å². The summed E-state index contributed by atoms with van der Waals surface area (Å²) in [5.74, 6) is 4.50. The summed E-state index contributed by atoms with van der Waals surface area (Å²) in [6.45, 7) is 2.63. The SMILES string of the molecule is CC(C)(C#Cc1cccc2c1COCCN2c1nc(=O)[nH]c2cccc(F)c12)C(F)(F)F. The second-order valence-corrected chi connectivity index (χ2v) is 7.91. The molecule has 0 spiro atoms. The monoisotopic (exact) mass is 445 g/mol. The fourth-order valence-electron chi connectivity index (χ4n) is 3.41. The Morgan fingerprint density at radius 3 is 2.66 bits per heavy atom. The molecule has 1 N–H and O–H groups in total. The molecule has 4 rings (SSSR count). The predicted octanol–water partition coefficient (Wildman–Crippen LogP) is 4.67. The average molecular weight is 445 g/mol. The van der Waals surface area contributed by atoms with E-state index in [1.807, 2.05) is 0 Å². The van der Waals surface area contributed by atoms with Crippen LogP contribution in [0.2, 0.25) is 0 Å². The molecule has 32 heavy (non-hydrogen) atoms. The Labute approximate surface area is 181 Å². The minimum atomic E-state index is -4.49. The van der Waals surface area contributed by atoms with Crippen molar-refractivity contribution < 1.29 is 22.3 Å². The van der Waals surface area contributed by atoms with Gasteiger partial charge in [0.2, 0.25) is 0 Å². The van der Waals surface area contributed by atoms with E-state index in [9.17, 15) is 22.4 Å². The van der Waals surface area contributed by atoms with Crippen molar-refractivity contribution >= 4 is 22.4 Å². The van der Waals surface area contributed by atoms with Crippen molar-refractivity contribution in [1.29, 1.82) is 0 Å². The Bertz CT molecular complexity index is 1300. The van der Waals surface area contributed by atoms with Crippen molar-refractivity contribution in [2.75, 3.05) is 18.1 Å². The van der Waals surface area contributed by atoms with Crippen LogP contribution < -0.4 is 10.6 Å². The molecule has 0 fully saturated rings. The molecule has 0 bridgehead atoms.